The van der Waals surface area contributed by atoms with Crippen molar-refractivity contribution < 1.29 is 18.4 Å². The van der Waals surface area contributed by atoms with E-state index in [0.29, 0.717) is 18.7 Å². The molecule has 3 rings (SSSR count). The predicted molar refractivity (Wildman–Crippen MR) is 103 cm³/mol. The molecule has 2 atom stereocenters. The molecule has 1 fully saturated rings. The molecule has 0 radical (unpaired) electrons. The first-order valence-electron chi connectivity index (χ1n) is 8.75. The summed E-state index contributed by atoms with van der Waals surface area (Å²) in [5.41, 5.74) is 1.05. The SMILES string of the molecule is CS(=O)(=O)c1cc(N2CCCC2CC(O)c2ccccc2)ccc1[N+](=O)[O-]. The standard InChI is InChI=1S/C19H22N2O5S/c1-27(25,26)19-13-16(9-10-17(19)21(23)24)20-11-5-8-15(20)12-18(22)14-6-3-2-4-7-14/h2-4,6-7,9-10,13,15,18,22H,5,8,11-12H2,1H3. The van der Waals surface area contributed by atoms with E-state index in [1.165, 1.54) is 12.1 Å². The Labute approximate surface area is 158 Å². The van der Waals surface area contributed by atoms with Crippen molar-refractivity contribution in [2.24, 2.45) is 0 Å². The zero-order valence-corrected chi connectivity index (χ0v) is 15.8. The molecule has 1 heterocycles. The summed E-state index contributed by atoms with van der Waals surface area (Å²) >= 11 is 0. The molecule has 2 aromatic carbocycles. The minimum Gasteiger partial charge on any atom is -0.388 e. The Kier molecular flexibility index (Phi) is 5.48. The summed E-state index contributed by atoms with van der Waals surface area (Å²) < 4.78 is 24.0. The number of sulfone groups is 1. The number of hydrogen-bond acceptors (Lipinski definition) is 6. The van der Waals surface area contributed by atoms with Gasteiger partial charge in [0.15, 0.2) is 9.84 Å². The fourth-order valence-corrected chi connectivity index (χ4v) is 4.48. The molecular weight excluding hydrogens is 368 g/mol. The minimum absolute atomic E-state index is 0.0362. The highest BCUT2D eigenvalue weighted by molar-refractivity contribution is 7.90. The van der Waals surface area contributed by atoms with Gasteiger partial charge in [-0.05, 0) is 37.0 Å². The molecule has 1 aliphatic heterocycles. The minimum atomic E-state index is -3.73. The van der Waals surface area contributed by atoms with Crippen LogP contribution in [0.1, 0.15) is 30.9 Å². The molecule has 1 N–H and O–H groups in total. The molecule has 0 aromatic heterocycles. The number of nitro benzene ring substituents is 1. The van der Waals surface area contributed by atoms with Crippen molar-refractivity contribution in [2.45, 2.75) is 36.3 Å². The van der Waals surface area contributed by atoms with E-state index in [2.05, 4.69) is 0 Å². The van der Waals surface area contributed by atoms with Crippen LogP contribution in [0.5, 0.6) is 0 Å². The van der Waals surface area contributed by atoms with Crippen LogP contribution < -0.4 is 4.90 Å². The maximum atomic E-state index is 12.0. The van der Waals surface area contributed by atoms with E-state index in [9.17, 15) is 23.6 Å². The van der Waals surface area contributed by atoms with Crippen molar-refractivity contribution in [3.8, 4) is 0 Å². The van der Waals surface area contributed by atoms with Gasteiger partial charge in [0, 0.05) is 30.6 Å². The maximum Gasteiger partial charge on any atom is 0.288 e. The second-order valence-electron chi connectivity index (χ2n) is 6.83. The molecule has 0 bridgehead atoms. The van der Waals surface area contributed by atoms with E-state index in [4.69, 9.17) is 0 Å². The van der Waals surface area contributed by atoms with Gasteiger partial charge in [-0.15, -0.1) is 0 Å². The summed E-state index contributed by atoms with van der Waals surface area (Å²) in [5.74, 6) is 0. The zero-order chi connectivity index (χ0) is 19.6. The lowest BCUT2D eigenvalue weighted by atomic mass is 10.0. The van der Waals surface area contributed by atoms with Gasteiger partial charge < -0.3 is 10.0 Å². The summed E-state index contributed by atoms with van der Waals surface area (Å²) in [6.45, 7) is 0.715. The molecule has 7 nitrogen and oxygen atoms in total. The van der Waals surface area contributed by atoms with Crippen LogP contribution in [0.15, 0.2) is 53.4 Å². The fraction of sp³-hybridized carbons (Fsp3) is 0.368. The summed E-state index contributed by atoms with van der Waals surface area (Å²) in [6, 6.07) is 13.6. The molecule has 0 saturated carbocycles. The first-order valence-corrected chi connectivity index (χ1v) is 10.6. The second-order valence-corrected chi connectivity index (χ2v) is 8.82. The van der Waals surface area contributed by atoms with E-state index in [1.54, 1.807) is 6.07 Å². The normalized spacial score (nSPS) is 18.4. The van der Waals surface area contributed by atoms with Gasteiger partial charge in [-0.3, -0.25) is 10.1 Å². The third-order valence-electron chi connectivity index (χ3n) is 4.93. The van der Waals surface area contributed by atoms with Crippen LogP contribution in [0.2, 0.25) is 0 Å². The molecule has 0 aliphatic carbocycles. The fourth-order valence-electron chi connectivity index (χ4n) is 3.62. The van der Waals surface area contributed by atoms with Crippen LogP contribution >= 0.6 is 0 Å². The summed E-state index contributed by atoms with van der Waals surface area (Å²) in [6.07, 6.45) is 2.64. The van der Waals surface area contributed by atoms with Gasteiger partial charge in [-0.2, -0.15) is 0 Å². The largest absolute Gasteiger partial charge is 0.388 e. The van der Waals surface area contributed by atoms with Crippen LogP contribution in [-0.4, -0.2) is 37.3 Å². The molecule has 8 heteroatoms. The topological polar surface area (TPSA) is 101 Å². The monoisotopic (exact) mass is 390 g/mol. The highest BCUT2D eigenvalue weighted by atomic mass is 32.2. The number of nitro groups is 1. The van der Waals surface area contributed by atoms with Gasteiger partial charge in [0.05, 0.1) is 11.0 Å². The predicted octanol–water partition coefficient (Wildman–Crippen LogP) is 3.09. The van der Waals surface area contributed by atoms with Crippen molar-refractivity contribution in [1.29, 1.82) is 0 Å². The third-order valence-corrected chi connectivity index (χ3v) is 6.05. The average Bonchev–Trinajstić information content (AvgIpc) is 3.09. The van der Waals surface area contributed by atoms with Crippen LogP contribution in [0, 0.1) is 10.1 Å². The molecule has 1 aliphatic rings. The Bertz CT molecular complexity index is 930. The summed E-state index contributed by atoms with van der Waals surface area (Å²) in [4.78, 5) is 12.2. The van der Waals surface area contributed by atoms with E-state index in [1.807, 2.05) is 35.2 Å². The number of benzene rings is 2. The smallest absolute Gasteiger partial charge is 0.288 e. The molecule has 0 spiro atoms. The van der Waals surface area contributed by atoms with Gasteiger partial charge in [-0.25, -0.2) is 8.42 Å². The number of rotatable bonds is 6. The molecule has 2 aromatic rings. The number of nitrogens with zero attached hydrogens (tertiary/aromatic N) is 2. The Morgan fingerprint density at radius 1 is 1.26 bits per heavy atom. The lowest BCUT2D eigenvalue weighted by Crippen LogP contribution is -2.30. The third kappa shape index (κ3) is 4.28. The highest BCUT2D eigenvalue weighted by Gasteiger charge is 2.30. The number of aliphatic hydroxyl groups excluding tert-OH is 1. The molecule has 2 unspecified atom stereocenters. The van der Waals surface area contributed by atoms with Crippen LogP contribution in [0.3, 0.4) is 0 Å². The van der Waals surface area contributed by atoms with E-state index in [-0.39, 0.29) is 10.9 Å². The van der Waals surface area contributed by atoms with Gasteiger partial charge in [0.25, 0.3) is 5.69 Å². The quantitative estimate of drug-likeness (QED) is 0.601. The Balaban J connectivity index is 1.88. The Morgan fingerprint density at radius 3 is 2.59 bits per heavy atom. The molecule has 144 valence electrons. The van der Waals surface area contributed by atoms with Crippen LogP contribution in [-0.2, 0) is 9.84 Å². The molecule has 27 heavy (non-hydrogen) atoms. The Morgan fingerprint density at radius 2 is 1.96 bits per heavy atom. The summed E-state index contributed by atoms with van der Waals surface area (Å²) in [7, 11) is -3.73. The van der Waals surface area contributed by atoms with Gasteiger partial charge >= 0.3 is 0 Å². The highest BCUT2D eigenvalue weighted by Crippen LogP contribution is 2.35. The number of anilines is 1. The summed E-state index contributed by atoms with van der Waals surface area (Å²) in [5, 5.41) is 21.7. The average molecular weight is 390 g/mol. The first-order chi connectivity index (χ1) is 12.8. The lowest BCUT2D eigenvalue weighted by molar-refractivity contribution is -0.387. The second kappa shape index (κ2) is 7.66. The maximum absolute atomic E-state index is 12.0. The van der Waals surface area contributed by atoms with E-state index >= 15 is 0 Å². The van der Waals surface area contributed by atoms with Crippen LogP contribution in [0.4, 0.5) is 11.4 Å². The molecule has 1 saturated heterocycles. The van der Waals surface area contributed by atoms with Gasteiger partial charge in [0.2, 0.25) is 0 Å². The van der Waals surface area contributed by atoms with Crippen molar-refractivity contribution >= 4 is 21.2 Å². The molecule has 0 amide bonds. The van der Waals surface area contributed by atoms with E-state index in [0.717, 1.165) is 24.7 Å². The van der Waals surface area contributed by atoms with Crippen molar-refractivity contribution in [2.75, 3.05) is 17.7 Å². The van der Waals surface area contributed by atoms with Crippen molar-refractivity contribution in [3.05, 3.63) is 64.2 Å². The van der Waals surface area contributed by atoms with Crippen molar-refractivity contribution in [3.63, 3.8) is 0 Å². The lowest BCUT2D eigenvalue weighted by Gasteiger charge is -2.29. The first kappa shape index (κ1) is 19.3. The van der Waals surface area contributed by atoms with Gasteiger partial charge in [0.1, 0.15) is 4.90 Å². The van der Waals surface area contributed by atoms with Gasteiger partial charge in [-0.1, -0.05) is 30.3 Å². The molecular formula is C19H22N2O5S. The van der Waals surface area contributed by atoms with Crippen molar-refractivity contribution in [1.82, 2.24) is 0 Å². The van der Waals surface area contributed by atoms with Crippen LogP contribution in [0.25, 0.3) is 0 Å². The van der Waals surface area contributed by atoms with E-state index < -0.39 is 26.6 Å². The number of aliphatic hydroxyl groups is 1. The number of hydrogen-bond donors (Lipinski definition) is 1. The zero-order valence-electron chi connectivity index (χ0n) is 15.0. The Hall–Kier alpha value is -2.45.